The van der Waals surface area contributed by atoms with E-state index in [0.29, 0.717) is 23.1 Å². The van der Waals surface area contributed by atoms with Crippen molar-refractivity contribution >= 4 is 20.0 Å². The molecule has 3 aromatic carbocycles. The molecule has 4 N–H and O–H groups in total. The van der Waals surface area contributed by atoms with E-state index in [0.717, 1.165) is 17.7 Å². The van der Waals surface area contributed by atoms with Crippen LogP contribution in [-0.2, 0) is 31.9 Å². The number of nitrogens with one attached hydrogen (secondary N) is 1. The van der Waals surface area contributed by atoms with E-state index in [4.69, 9.17) is 10.4 Å². The third-order valence-electron chi connectivity index (χ3n) is 5.46. The summed E-state index contributed by atoms with van der Waals surface area (Å²) < 4.78 is 52.4. The third-order valence-corrected chi connectivity index (χ3v) is 7.96. The molecule has 0 bridgehead atoms. The summed E-state index contributed by atoms with van der Waals surface area (Å²) in [5, 5.41) is 24.4. The van der Waals surface area contributed by atoms with Gasteiger partial charge in [-0.05, 0) is 46.7 Å². The third kappa shape index (κ3) is 6.07. The van der Waals surface area contributed by atoms with Crippen molar-refractivity contribution in [1.29, 1.82) is 5.26 Å². The molecule has 0 heterocycles. The molecule has 0 spiro atoms. The van der Waals surface area contributed by atoms with E-state index in [1.807, 2.05) is 26.8 Å². The summed E-state index contributed by atoms with van der Waals surface area (Å²) in [6, 6.07) is 17.8. The van der Waals surface area contributed by atoms with Crippen molar-refractivity contribution in [3.63, 3.8) is 0 Å². The highest BCUT2D eigenvalue weighted by molar-refractivity contribution is 7.89. The van der Waals surface area contributed by atoms with Crippen molar-refractivity contribution in [1.82, 2.24) is 4.72 Å². The number of nitrogens with two attached hydrogens (primary N) is 1. The van der Waals surface area contributed by atoms with Crippen molar-refractivity contribution in [2.45, 2.75) is 42.4 Å². The number of phenols is 1. The van der Waals surface area contributed by atoms with Crippen LogP contribution in [-0.4, -0.2) is 28.5 Å². The molecule has 0 aromatic heterocycles. The number of phenolic OH excluding ortho intramolecular Hbond substituents is 1. The number of primary sulfonamides is 1. The fourth-order valence-electron chi connectivity index (χ4n) is 3.72. The molecule has 0 aliphatic carbocycles. The number of hydrogen-bond acceptors (Lipinski definition) is 6. The first-order valence-corrected chi connectivity index (χ1v) is 13.8. The van der Waals surface area contributed by atoms with Crippen LogP contribution in [0, 0.1) is 11.3 Å². The lowest BCUT2D eigenvalue weighted by Crippen LogP contribution is -2.26. The maximum atomic E-state index is 12.5. The van der Waals surface area contributed by atoms with Gasteiger partial charge < -0.3 is 5.11 Å². The Labute approximate surface area is 206 Å². The first-order valence-electron chi connectivity index (χ1n) is 10.7. The van der Waals surface area contributed by atoms with E-state index in [1.165, 1.54) is 6.07 Å². The molecule has 0 aliphatic rings. The summed E-state index contributed by atoms with van der Waals surface area (Å²) in [7, 11) is -8.01. The van der Waals surface area contributed by atoms with E-state index >= 15 is 0 Å². The number of hydrogen-bond donors (Lipinski definition) is 3. The summed E-state index contributed by atoms with van der Waals surface area (Å²) in [6.45, 7) is 5.81. The molecule has 0 saturated heterocycles. The summed E-state index contributed by atoms with van der Waals surface area (Å²) in [4.78, 5) is -0.270. The van der Waals surface area contributed by atoms with Gasteiger partial charge in [-0.1, -0.05) is 63.2 Å². The van der Waals surface area contributed by atoms with E-state index in [-0.39, 0.29) is 21.9 Å². The number of nitrogens with zero attached hydrogens (tertiary/aromatic N) is 1. The molecular weight excluding hydrogens is 486 g/mol. The summed E-state index contributed by atoms with van der Waals surface area (Å²) in [5.74, 6) is -0.441. The fraction of sp³-hybridized carbons (Fsp3) is 0.240. The minimum Gasteiger partial charge on any atom is -0.507 e. The monoisotopic (exact) mass is 513 g/mol. The van der Waals surface area contributed by atoms with E-state index < -0.39 is 31.2 Å². The van der Waals surface area contributed by atoms with Crippen molar-refractivity contribution in [3.8, 4) is 22.9 Å². The van der Waals surface area contributed by atoms with Crippen LogP contribution in [0.2, 0.25) is 0 Å². The molecule has 0 atom stereocenters. The SMILES string of the molecule is CC(C)(C)c1cccc(-c2ccc(CCNS(=O)(=O)c3cc(C#N)ccc3O)cc2)c1S(N)(=O)=O. The summed E-state index contributed by atoms with van der Waals surface area (Å²) >= 11 is 0. The zero-order valence-electron chi connectivity index (χ0n) is 19.6. The van der Waals surface area contributed by atoms with Crippen LogP contribution in [0.4, 0.5) is 0 Å². The van der Waals surface area contributed by atoms with Crippen LogP contribution in [0.3, 0.4) is 0 Å². The quantitative estimate of drug-likeness (QED) is 0.441. The second-order valence-corrected chi connectivity index (χ2v) is 12.3. The summed E-state index contributed by atoms with van der Waals surface area (Å²) in [5.41, 5.74) is 2.29. The number of aromatic hydroxyl groups is 1. The smallest absolute Gasteiger partial charge is 0.244 e. The number of nitriles is 1. The van der Waals surface area contributed by atoms with Gasteiger partial charge in [0.2, 0.25) is 20.0 Å². The van der Waals surface area contributed by atoms with Crippen LogP contribution < -0.4 is 9.86 Å². The molecule has 0 unspecified atom stereocenters. The lowest BCUT2D eigenvalue weighted by molar-refractivity contribution is 0.458. The summed E-state index contributed by atoms with van der Waals surface area (Å²) in [6.07, 6.45) is 0.349. The van der Waals surface area contributed by atoms with E-state index in [9.17, 15) is 21.9 Å². The van der Waals surface area contributed by atoms with Crippen molar-refractivity contribution in [2.24, 2.45) is 5.14 Å². The molecule has 0 fully saturated rings. The van der Waals surface area contributed by atoms with E-state index in [2.05, 4.69) is 4.72 Å². The molecule has 0 radical (unpaired) electrons. The van der Waals surface area contributed by atoms with Crippen LogP contribution in [0.1, 0.15) is 37.5 Å². The largest absolute Gasteiger partial charge is 0.507 e. The molecule has 35 heavy (non-hydrogen) atoms. The number of sulfonamides is 2. The number of benzene rings is 3. The first-order chi connectivity index (χ1) is 16.2. The molecule has 3 rings (SSSR count). The lowest BCUT2D eigenvalue weighted by Gasteiger charge is -2.24. The predicted octanol–water partition coefficient (Wildman–Crippen LogP) is 3.40. The molecule has 0 aliphatic heterocycles. The van der Waals surface area contributed by atoms with Gasteiger partial charge in [0.05, 0.1) is 16.5 Å². The standard InChI is InChI=1S/C25H27N3O5S2/c1-25(2,3)21-6-4-5-20(24(21)34(27,30)31)19-10-7-17(8-11-19)13-14-28-35(32,33)23-15-18(16-26)9-12-22(23)29/h4-12,15,28-29H,13-14H2,1-3H3,(H2,27,30,31). The molecule has 3 aromatic rings. The second kappa shape index (κ2) is 9.79. The van der Waals surface area contributed by atoms with Gasteiger partial charge >= 0.3 is 0 Å². The number of rotatable bonds is 7. The van der Waals surface area contributed by atoms with E-state index in [1.54, 1.807) is 42.5 Å². The van der Waals surface area contributed by atoms with Crippen molar-refractivity contribution in [3.05, 3.63) is 77.4 Å². The Hall–Kier alpha value is -3.23. The average molecular weight is 514 g/mol. The highest BCUT2D eigenvalue weighted by Crippen LogP contribution is 2.35. The highest BCUT2D eigenvalue weighted by atomic mass is 32.2. The maximum Gasteiger partial charge on any atom is 0.244 e. The van der Waals surface area contributed by atoms with Gasteiger partial charge in [-0.15, -0.1) is 0 Å². The second-order valence-electron chi connectivity index (χ2n) is 9.12. The molecule has 0 saturated carbocycles. The highest BCUT2D eigenvalue weighted by Gasteiger charge is 2.27. The fourth-order valence-corrected chi connectivity index (χ4v) is 6.04. The Bertz CT molecular complexity index is 1500. The minimum absolute atomic E-state index is 0.0554. The lowest BCUT2D eigenvalue weighted by atomic mass is 9.85. The van der Waals surface area contributed by atoms with Crippen molar-refractivity contribution in [2.75, 3.05) is 6.54 Å². The molecule has 8 nitrogen and oxygen atoms in total. The predicted molar refractivity (Wildman–Crippen MR) is 134 cm³/mol. The van der Waals surface area contributed by atoms with Gasteiger partial charge in [-0.25, -0.2) is 26.7 Å². The van der Waals surface area contributed by atoms with Gasteiger partial charge in [0.1, 0.15) is 10.6 Å². The minimum atomic E-state index is -4.02. The molecular formula is C25H27N3O5S2. The Kier molecular flexibility index (Phi) is 7.38. The Morgan fingerprint density at radius 3 is 2.23 bits per heavy atom. The zero-order chi connectivity index (χ0) is 26.0. The van der Waals surface area contributed by atoms with Gasteiger partial charge in [-0.3, -0.25) is 0 Å². The van der Waals surface area contributed by atoms with Gasteiger partial charge in [0, 0.05) is 12.1 Å². The topological polar surface area (TPSA) is 150 Å². The van der Waals surface area contributed by atoms with Gasteiger partial charge in [-0.2, -0.15) is 5.26 Å². The first kappa shape index (κ1) is 26.4. The van der Waals surface area contributed by atoms with Gasteiger partial charge in [0.25, 0.3) is 0 Å². The Morgan fingerprint density at radius 2 is 1.66 bits per heavy atom. The van der Waals surface area contributed by atoms with Crippen molar-refractivity contribution < 1.29 is 21.9 Å². The average Bonchev–Trinajstić information content (AvgIpc) is 2.78. The molecule has 0 amide bonds. The van der Waals surface area contributed by atoms with Crippen LogP contribution in [0.15, 0.2) is 70.5 Å². The maximum absolute atomic E-state index is 12.5. The molecule has 10 heteroatoms. The molecule has 184 valence electrons. The van der Waals surface area contributed by atoms with Crippen LogP contribution >= 0.6 is 0 Å². The zero-order valence-corrected chi connectivity index (χ0v) is 21.2. The van der Waals surface area contributed by atoms with Gasteiger partial charge in [0.15, 0.2) is 0 Å². The van der Waals surface area contributed by atoms with Crippen LogP contribution in [0.5, 0.6) is 5.75 Å². The van der Waals surface area contributed by atoms with Crippen LogP contribution in [0.25, 0.3) is 11.1 Å². The Balaban J connectivity index is 1.81. The normalized spacial score (nSPS) is 12.3. The Morgan fingerprint density at radius 1 is 1.00 bits per heavy atom.